The van der Waals surface area contributed by atoms with Gasteiger partial charge in [0.05, 0.1) is 0 Å². The molecule has 1 fully saturated rings. The molecule has 0 saturated heterocycles. The predicted molar refractivity (Wildman–Crippen MR) is 142 cm³/mol. The Morgan fingerprint density at radius 1 is 0.727 bits per heavy atom. The molecule has 1 aliphatic carbocycles. The van der Waals surface area contributed by atoms with Crippen LogP contribution in [-0.2, 0) is 9.32 Å². The van der Waals surface area contributed by atoms with Crippen LogP contribution in [0.5, 0.6) is 0 Å². The van der Waals surface area contributed by atoms with E-state index < -0.39 is 6.83 Å². The predicted octanol–water partition coefficient (Wildman–Crippen LogP) is 6.89. The van der Waals surface area contributed by atoms with Gasteiger partial charge < -0.3 is 0 Å². The number of benzene rings is 3. The van der Waals surface area contributed by atoms with Crippen LogP contribution in [-0.4, -0.2) is 11.6 Å². The topological polar surface area (TPSA) is 26.3 Å². The van der Waals surface area contributed by atoms with Crippen molar-refractivity contribution in [2.75, 3.05) is 0 Å². The van der Waals surface area contributed by atoms with Gasteiger partial charge in [-0.25, -0.2) is 0 Å². The molecule has 0 aromatic heterocycles. The van der Waals surface area contributed by atoms with Crippen LogP contribution in [0, 0.1) is 0 Å². The summed E-state index contributed by atoms with van der Waals surface area (Å²) in [6, 6.07) is 32.1. The second-order valence-electron chi connectivity index (χ2n) is 9.32. The molecule has 0 amide bonds. The van der Waals surface area contributed by atoms with Crippen molar-refractivity contribution in [1.82, 2.24) is 0 Å². The number of rotatable bonds is 10. The molecule has 3 aromatic carbocycles. The number of carbonyl (C=O) groups is 1. The number of hydrogen-bond donors (Lipinski definition) is 0. The molecule has 1 aliphatic rings. The van der Waals surface area contributed by atoms with Gasteiger partial charge in [-0.15, -0.1) is 0 Å². The normalized spacial score (nSPS) is 15.6. The average Bonchev–Trinajstić information content (AvgIpc) is 3.43. The molecule has 1 saturated carbocycles. The summed E-state index contributed by atoms with van der Waals surface area (Å²) >= 11 is 0. The van der Waals surface area contributed by atoms with Crippen molar-refractivity contribution in [3.63, 3.8) is 0 Å². The van der Waals surface area contributed by atoms with E-state index in [1.807, 2.05) is 0 Å². The molecule has 3 aromatic rings. The minimum absolute atomic E-state index is 0.0489. The van der Waals surface area contributed by atoms with Gasteiger partial charge in [-0.05, 0) is 0 Å². The first-order valence-electron chi connectivity index (χ1n) is 12.6. The third kappa shape index (κ3) is 4.26. The van der Waals surface area contributed by atoms with Crippen molar-refractivity contribution in [2.45, 2.75) is 70.4 Å². The molecule has 174 valence electrons. The molecule has 0 aliphatic heterocycles. The Morgan fingerprint density at radius 2 is 1.18 bits per heavy atom. The number of hydrogen-bond acceptors (Lipinski definition) is 2. The maximum absolute atomic E-state index is 13.7. The van der Waals surface area contributed by atoms with Gasteiger partial charge in [0, 0.05) is 0 Å². The van der Waals surface area contributed by atoms with Crippen molar-refractivity contribution in [3.05, 3.63) is 91.0 Å². The molecule has 0 bridgehead atoms. The first kappa shape index (κ1) is 23.7. The van der Waals surface area contributed by atoms with Crippen LogP contribution in [0.25, 0.3) is 0 Å². The van der Waals surface area contributed by atoms with Crippen molar-refractivity contribution < 1.29 is 9.32 Å². The molecule has 0 radical (unpaired) electrons. The monoisotopic (exact) mass is 460 g/mol. The van der Waals surface area contributed by atoms with Crippen LogP contribution in [0.3, 0.4) is 0 Å². The fourth-order valence-electron chi connectivity index (χ4n) is 5.83. The summed E-state index contributed by atoms with van der Waals surface area (Å²) < 4.78 is 7.14. The van der Waals surface area contributed by atoms with E-state index in [1.165, 1.54) is 28.8 Å². The van der Waals surface area contributed by atoms with Gasteiger partial charge in [0.2, 0.25) is 0 Å². The quantitative estimate of drug-likeness (QED) is 0.243. The van der Waals surface area contributed by atoms with Gasteiger partial charge in [-0.3, -0.25) is 0 Å². The molecular weight excluding hydrogens is 423 g/mol. The summed E-state index contributed by atoms with van der Waals surface area (Å²) in [6.07, 6.45) is 9.31. The Labute approximate surface area is 199 Å². The zero-order valence-corrected chi connectivity index (χ0v) is 20.8. The SMILES string of the molecule is CCCCCCC(=O)OP(c1ccccc1)(c1ccccc1)(c1ccccc1)C1CCCC1. The van der Waals surface area contributed by atoms with Crippen LogP contribution < -0.4 is 15.9 Å². The molecule has 0 atom stereocenters. The molecule has 4 rings (SSSR count). The summed E-state index contributed by atoms with van der Waals surface area (Å²) in [5.74, 6) is -0.0489. The van der Waals surface area contributed by atoms with E-state index in [2.05, 4.69) is 97.9 Å². The third-order valence-corrected chi connectivity index (χ3v) is 13.8. The zero-order chi connectivity index (χ0) is 23.0. The average molecular weight is 461 g/mol. The Hall–Kier alpha value is -2.44. The van der Waals surface area contributed by atoms with Crippen LogP contribution >= 0.6 is 6.83 Å². The van der Waals surface area contributed by atoms with Gasteiger partial charge in [0.15, 0.2) is 0 Å². The van der Waals surface area contributed by atoms with Crippen LogP contribution in [0.2, 0.25) is 0 Å². The molecule has 3 heteroatoms. The first-order valence-corrected chi connectivity index (χ1v) is 14.9. The van der Waals surface area contributed by atoms with Gasteiger partial charge in [0.1, 0.15) is 0 Å². The van der Waals surface area contributed by atoms with E-state index in [1.54, 1.807) is 0 Å². The molecule has 2 nitrogen and oxygen atoms in total. The molecule has 33 heavy (non-hydrogen) atoms. The second kappa shape index (κ2) is 10.7. The van der Waals surface area contributed by atoms with E-state index in [9.17, 15) is 4.79 Å². The molecular formula is C30H37O2P. The zero-order valence-electron chi connectivity index (χ0n) is 19.9. The van der Waals surface area contributed by atoms with Crippen LogP contribution in [0.4, 0.5) is 0 Å². The van der Waals surface area contributed by atoms with E-state index in [4.69, 9.17) is 4.52 Å². The van der Waals surface area contributed by atoms with Crippen molar-refractivity contribution in [1.29, 1.82) is 0 Å². The van der Waals surface area contributed by atoms with Gasteiger partial charge in [0.25, 0.3) is 0 Å². The van der Waals surface area contributed by atoms with E-state index in [-0.39, 0.29) is 5.97 Å². The summed E-state index contributed by atoms with van der Waals surface area (Å²) in [6.45, 7) is -1.35. The fraction of sp³-hybridized carbons (Fsp3) is 0.367. The number of unbranched alkanes of at least 4 members (excludes halogenated alkanes) is 3. The van der Waals surface area contributed by atoms with E-state index >= 15 is 0 Å². The standard InChI is InChI=1S/C30H37O2P/c1-2-3-4-14-25-30(31)32-33(29-23-15-16-24-29,26-17-8-5-9-18-26,27-19-10-6-11-20-27)28-21-12-7-13-22-28/h5-13,17-22,29H,2-4,14-16,23-25H2,1H3. The van der Waals surface area contributed by atoms with E-state index in [0.29, 0.717) is 12.1 Å². The van der Waals surface area contributed by atoms with Crippen LogP contribution in [0.1, 0.15) is 64.7 Å². The first-order chi connectivity index (χ1) is 16.2. The summed E-state index contributed by atoms with van der Waals surface area (Å²) in [7, 11) is 0. The molecule has 0 heterocycles. The summed E-state index contributed by atoms with van der Waals surface area (Å²) in [4.78, 5) is 13.7. The fourth-order valence-corrected chi connectivity index (χ4v) is 12.6. The Balaban J connectivity index is 1.99. The van der Waals surface area contributed by atoms with Crippen molar-refractivity contribution >= 4 is 28.7 Å². The minimum atomic E-state index is -3.55. The second-order valence-corrected chi connectivity index (χ2v) is 14.0. The van der Waals surface area contributed by atoms with E-state index in [0.717, 1.165) is 38.5 Å². The Bertz CT molecular complexity index is 912. The third-order valence-electron chi connectivity index (χ3n) is 7.35. The van der Waals surface area contributed by atoms with Crippen molar-refractivity contribution in [3.8, 4) is 0 Å². The summed E-state index contributed by atoms with van der Waals surface area (Å²) in [5, 5.41) is 3.53. The molecule has 0 N–H and O–H groups in total. The number of carbonyl (C=O) groups excluding carboxylic acids is 1. The molecule has 0 spiro atoms. The van der Waals surface area contributed by atoms with Crippen molar-refractivity contribution in [2.24, 2.45) is 0 Å². The molecule has 0 unspecified atom stereocenters. The Morgan fingerprint density at radius 3 is 1.61 bits per heavy atom. The Kier molecular flexibility index (Phi) is 7.66. The van der Waals surface area contributed by atoms with Gasteiger partial charge >= 0.3 is 199 Å². The van der Waals surface area contributed by atoms with Gasteiger partial charge in [-0.2, -0.15) is 0 Å². The van der Waals surface area contributed by atoms with Crippen LogP contribution in [0.15, 0.2) is 91.0 Å². The maximum atomic E-state index is 13.7. The summed E-state index contributed by atoms with van der Waals surface area (Å²) in [5.41, 5.74) is 0.294. The van der Waals surface area contributed by atoms with Gasteiger partial charge in [-0.1, -0.05) is 0 Å².